The van der Waals surface area contributed by atoms with Crippen molar-refractivity contribution in [1.29, 1.82) is 0 Å². The van der Waals surface area contributed by atoms with Gasteiger partial charge in [-0.3, -0.25) is 9.78 Å². The van der Waals surface area contributed by atoms with Gasteiger partial charge in [0, 0.05) is 69.0 Å². The minimum absolute atomic E-state index is 0.0109. The number of rotatable bonds is 8. The third kappa shape index (κ3) is 6.03. The molecule has 1 unspecified atom stereocenters. The Hall–Kier alpha value is -3.62. The molecule has 1 atom stereocenters. The molecule has 8 nitrogen and oxygen atoms in total. The normalized spacial score (nSPS) is 18.0. The summed E-state index contributed by atoms with van der Waals surface area (Å²) in [6, 6.07) is 17.9. The van der Waals surface area contributed by atoms with Gasteiger partial charge in [-0.1, -0.05) is 6.07 Å². The third-order valence-corrected chi connectivity index (χ3v) is 6.93. The summed E-state index contributed by atoms with van der Waals surface area (Å²) in [7, 11) is 3.75. The van der Waals surface area contributed by atoms with Gasteiger partial charge in [-0.25, -0.2) is 0 Å². The molecule has 37 heavy (non-hydrogen) atoms. The average Bonchev–Trinajstić information content (AvgIpc) is 3.46. The van der Waals surface area contributed by atoms with Crippen LogP contribution in [-0.2, 0) is 11.3 Å². The number of hydrogen-bond donors (Lipinski definition) is 0. The molecular weight excluding hydrogens is 468 g/mol. The van der Waals surface area contributed by atoms with E-state index in [-0.39, 0.29) is 12.0 Å². The second-order valence-electron chi connectivity index (χ2n) is 9.52. The maximum atomic E-state index is 13.6. The summed E-state index contributed by atoms with van der Waals surface area (Å²) < 4.78 is 17.3. The van der Waals surface area contributed by atoms with Gasteiger partial charge in [0.1, 0.15) is 17.6 Å². The summed E-state index contributed by atoms with van der Waals surface area (Å²) in [6.45, 7) is 4.97. The van der Waals surface area contributed by atoms with E-state index >= 15 is 0 Å². The molecule has 3 heterocycles. The number of nitrogens with zero attached hydrogens (tertiary/aromatic N) is 4. The Bertz CT molecular complexity index is 1170. The highest BCUT2D eigenvalue weighted by atomic mass is 16.5. The molecule has 2 aliphatic rings. The van der Waals surface area contributed by atoms with Crippen LogP contribution < -0.4 is 14.4 Å². The van der Waals surface area contributed by atoms with E-state index in [1.54, 1.807) is 13.3 Å². The standard InChI is InChI=1S/C29H34N4O4/c1-31-13-15-32(16-14-31)29(34)27-10-7-24(18-28(27)37-26-11-17-36-21-26)33(20-22-4-3-12-30-19-22)23-5-8-25(35-2)9-6-23/h3-10,12,18-19,26H,11,13-17,20-21H2,1-2H3. The number of benzene rings is 2. The molecule has 8 heteroatoms. The SMILES string of the molecule is COc1ccc(N(Cc2cccnc2)c2ccc(C(=O)N3CCN(C)CC3)c(OC3CCOC3)c2)cc1. The predicted octanol–water partition coefficient (Wildman–Crippen LogP) is 3.98. The first-order chi connectivity index (χ1) is 18.1. The van der Waals surface area contributed by atoms with Crippen LogP contribution in [0.2, 0.25) is 0 Å². The summed E-state index contributed by atoms with van der Waals surface area (Å²) in [5, 5.41) is 0. The molecule has 2 saturated heterocycles. The predicted molar refractivity (Wildman–Crippen MR) is 143 cm³/mol. The number of anilines is 2. The van der Waals surface area contributed by atoms with Gasteiger partial charge in [0.05, 0.1) is 25.9 Å². The quantitative estimate of drug-likeness (QED) is 0.462. The average molecular weight is 503 g/mol. The van der Waals surface area contributed by atoms with Gasteiger partial charge in [-0.2, -0.15) is 0 Å². The maximum Gasteiger partial charge on any atom is 0.257 e. The Morgan fingerprint density at radius 1 is 1.08 bits per heavy atom. The molecule has 1 amide bonds. The summed E-state index contributed by atoms with van der Waals surface area (Å²) in [5.74, 6) is 1.40. The lowest BCUT2D eigenvalue weighted by molar-refractivity contribution is 0.0655. The van der Waals surface area contributed by atoms with E-state index in [0.29, 0.717) is 44.2 Å². The summed E-state index contributed by atoms with van der Waals surface area (Å²) >= 11 is 0. The van der Waals surface area contributed by atoms with Gasteiger partial charge in [0.2, 0.25) is 0 Å². The number of aromatic nitrogens is 1. The molecule has 2 aliphatic heterocycles. The highest BCUT2D eigenvalue weighted by Gasteiger charge is 2.26. The summed E-state index contributed by atoms with van der Waals surface area (Å²) in [4.78, 5) is 24.2. The van der Waals surface area contributed by atoms with E-state index in [2.05, 4.69) is 27.9 Å². The van der Waals surface area contributed by atoms with Gasteiger partial charge in [-0.05, 0) is 55.1 Å². The van der Waals surface area contributed by atoms with Crippen LogP contribution >= 0.6 is 0 Å². The molecule has 1 aromatic heterocycles. The topological polar surface area (TPSA) is 67.4 Å². The smallest absolute Gasteiger partial charge is 0.257 e. The van der Waals surface area contributed by atoms with Crippen LogP contribution in [0.5, 0.6) is 11.5 Å². The Balaban J connectivity index is 1.50. The van der Waals surface area contributed by atoms with Crippen molar-refractivity contribution in [2.45, 2.75) is 19.1 Å². The van der Waals surface area contributed by atoms with Crippen LogP contribution in [0.4, 0.5) is 11.4 Å². The maximum absolute atomic E-state index is 13.6. The number of piperazine rings is 1. The van der Waals surface area contributed by atoms with Crippen LogP contribution in [0.15, 0.2) is 67.0 Å². The first-order valence-corrected chi connectivity index (χ1v) is 12.8. The highest BCUT2D eigenvalue weighted by molar-refractivity contribution is 5.97. The molecule has 0 aliphatic carbocycles. The molecule has 0 saturated carbocycles. The fourth-order valence-corrected chi connectivity index (χ4v) is 4.69. The van der Waals surface area contributed by atoms with Crippen LogP contribution in [0.1, 0.15) is 22.3 Å². The van der Waals surface area contributed by atoms with Crippen LogP contribution in [0.3, 0.4) is 0 Å². The summed E-state index contributed by atoms with van der Waals surface area (Å²) in [6.07, 6.45) is 4.39. The number of ether oxygens (including phenoxy) is 3. The number of carbonyl (C=O) groups excluding carboxylic acids is 1. The molecule has 5 rings (SSSR count). The van der Waals surface area contributed by atoms with Crippen molar-refractivity contribution in [2.24, 2.45) is 0 Å². The fraction of sp³-hybridized carbons (Fsp3) is 0.379. The molecule has 2 aromatic carbocycles. The van der Waals surface area contributed by atoms with Crippen LogP contribution in [-0.4, -0.2) is 80.3 Å². The lowest BCUT2D eigenvalue weighted by atomic mass is 10.1. The van der Waals surface area contributed by atoms with E-state index in [4.69, 9.17) is 14.2 Å². The van der Waals surface area contributed by atoms with Gasteiger partial charge in [0.15, 0.2) is 0 Å². The van der Waals surface area contributed by atoms with Crippen molar-refractivity contribution in [2.75, 3.05) is 58.5 Å². The zero-order chi connectivity index (χ0) is 25.6. The van der Waals surface area contributed by atoms with Crippen molar-refractivity contribution >= 4 is 17.3 Å². The van der Waals surface area contributed by atoms with E-state index in [1.807, 2.05) is 59.6 Å². The number of hydrogen-bond acceptors (Lipinski definition) is 7. The summed E-state index contributed by atoms with van der Waals surface area (Å²) in [5.41, 5.74) is 3.59. The van der Waals surface area contributed by atoms with Crippen molar-refractivity contribution in [3.63, 3.8) is 0 Å². The van der Waals surface area contributed by atoms with Crippen LogP contribution in [0.25, 0.3) is 0 Å². The molecule has 3 aromatic rings. The van der Waals surface area contributed by atoms with Gasteiger partial charge in [-0.15, -0.1) is 0 Å². The molecule has 0 N–H and O–H groups in total. The molecule has 0 spiro atoms. The van der Waals surface area contributed by atoms with Crippen molar-refractivity contribution in [3.8, 4) is 11.5 Å². The van der Waals surface area contributed by atoms with Gasteiger partial charge in [0.25, 0.3) is 5.91 Å². The fourth-order valence-electron chi connectivity index (χ4n) is 4.69. The minimum atomic E-state index is -0.0675. The number of pyridine rings is 1. The van der Waals surface area contributed by atoms with E-state index in [1.165, 1.54) is 0 Å². The monoisotopic (exact) mass is 502 g/mol. The third-order valence-electron chi connectivity index (χ3n) is 6.93. The minimum Gasteiger partial charge on any atom is -0.497 e. The number of amides is 1. The van der Waals surface area contributed by atoms with Crippen molar-refractivity contribution in [1.82, 2.24) is 14.8 Å². The number of carbonyl (C=O) groups is 1. The largest absolute Gasteiger partial charge is 0.497 e. The van der Waals surface area contributed by atoms with Crippen LogP contribution in [0, 0.1) is 0 Å². The second kappa shape index (κ2) is 11.6. The van der Waals surface area contributed by atoms with Crippen molar-refractivity contribution in [3.05, 3.63) is 78.1 Å². The molecule has 0 bridgehead atoms. The molecule has 0 radical (unpaired) electrons. The van der Waals surface area contributed by atoms with Gasteiger partial charge >= 0.3 is 0 Å². The molecule has 194 valence electrons. The Morgan fingerprint density at radius 3 is 2.54 bits per heavy atom. The number of likely N-dealkylation sites (N-methyl/N-ethyl adjacent to an activating group) is 1. The highest BCUT2D eigenvalue weighted by Crippen LogP contribution is 2.34. The lowest BCUT2D eigenvalue weighted by Gasteiger charge is -2.33. The molecular formula is C29H34N4O4. The first kappa shape index (κ1) is 25.0. The zero-order valence-corrected chi connectivity index (χ0v) is 21.5. The van der Waals surface area contributed by atoms with E-state index in [0.717, 1.165) is 42.2 Å². The molecule has 2 fully saturated rings. The number of methoxy groups -OCH3 is 1. The Morgan fingerprint density at radius 2 is 1.86 bits per heavy atom. The van der Waals surface area contributed by atoms with E-state index in [9.17, 15) is 4.79 Å². The van der Waals surface area contributed by atoms with Crippen molar-refractivity contribution < 1.29 is 19.0 Å². The Kier molecular flexibility index (Phi) is 7.87. The second-order valence-corrected chi connectivity index (χ2v) is 9.52. The van der Waals surface area contributed by atoms with Gasteiger partial charge < -0.3 is 28.9 Å². The Labute approximate surface area is 218 Å². The van der Waals surface area contributed by atoms with E-state index < -0.39 is 0 Å². The first-order valence-electron chi connectivity index (χ1n) is 12.8. The zero-order valence-electron chi connectivity index (χ0n) is 21.5. The lowest BCUT2D eigenvalue weighted by Crippen LogP contribution is -2.47.